The van der Waals surface area contributed by atoms with Gasteiger partial charge in [-0.2, -0.15) is 4.31 Å². The normalized spacial score (nSPS) is 15.5. The van der Waals surface area contributed by atoms with E-state index in [1.54, 1.807) is 34.8 Å². The molecule has 2 N–H and O–H groups in total. The molecule has 2 aromatic rings. The Morgan fingerprint density at radius 1 is 1.03 bits per heavy atom. The summed E-state index contributed by atoms with van der Waals surface area (Å²) in [6.45, 7) is 4.45. The Balaban J connectivity index is 0.00000320. The van der Waals surface area contributed by atoms with Crippen molar-refractivity contribution in [2.75, 3.05) is 20.1 Å². The quantitative estimate of drug-likeness (QED) is 0.305. The fourth-order valence-electron chi connectivity index (χ4n) is 3.42. The summed E-state index contributed by atoms with van der Waals surface area (Å²) >= 11 is 1.79. The predicted molar refractivity (Wildman–Crippen MR) is 135 cm³/mol. The number of aryl methyl sites for hydroxylation is 1. The molecular weight excluding hydrogens is 531 g/mol. The summed E-state index contributed by atoms with van der Waals surface area (Å²) in [5.41, 5.74) is 0.755. The fraction of sp³-hybridized carbons (Fsp3) is 0.476. The second-order valence-corrected chi connectivity index (χ2v) is 10.2. The Labute approximate surface area is 201 Å². The van der Waals surface area contributed by atoms with E-state index in [4.69, 9.17) is 0 Å². The molecule has 0 atom stereocenters. The lowest BCUT2D eigenvalue weighted by molar-refractivity contribution is 0.346. The van der Waals surface area contributed by atoms with Gasteiger partial charge in [-0.05, 0) is 43.0 Å². The highest BCUT2D eigenvalue weighted by Crippen LogP contribution is 2.23. The Bertz CT molecular complexity index is 938. The molecule has 1 aromatic heterocycles. The second kappa shape index (κ2) is 12.0. The molecule has 30 heavy (non-hydrogen) atoms. The average Bonchev–Trinajstić information content (AvgIpc) is 3.23. The van der Waals surface area contributed by atoms with Crippen LogP contribution in [0.3, 0.4) is 0 Å². The van der Waals surface area contributed by atoms with Gasteiger partial charge in [-0.25, -0.2) is 8.42 Å². The number of sulfonamides is 1. The van der Waals surface area contributed by atoms with Crippen molar-refractivity contribution in [3.8, 4) is 0 Å². The number of nitrogens with zero attached hydrogens (tertiary/aromatic N) is 2. The maximum atomic E-state index is 13.1. The molecule has 9 heteroatoms. The van der Waals surface area contributed by atoms with Crippen LogP contribution in [-0.2, 0) is 29.5 Å². The number of nitrogens with one attached hydrogen (secondary N) is 2. The van der Waals surface area contributed by atoms with Crippen molar-refractivity contribution >= 4 is 51.3 Å². The highest BCUT2D eigenvalue weighted by atomic mass is 127. The number of piperidine rings is 1. The summed E-state index contributed by atoms with van der Waals surface area (Å²) in [5.74, 6) is 0.654. The van der Waals surface area contributed by atoms with Crippen LogP contribution in [-0.4, -0.2) is 38.8 Å². The highest BCUT2D eigenvalue weighted by Gasteiger charge is 2.27. The maximum Gasteiger partial charge on any atom is 0.243 e. The van der Waals surface area contributed by atoms with Gasteiger partial charge in [0.15, 0.2) is 5.96 Å². The van der Waals surface area contributed by atoms with Crippen LogP contribution in [0.2, 0.25) is 0 Å². The van der Waals surface area contributed by atoms with Crippen LogP contribution in [0.1, 0.15) is 41.5 Å². The van der Waals surface area contributed by atoms with Gasteiger partial charge >= 0.3 is 0 Å². The topological polar surface area (TPSA) is 73.8 Å². The summed E-state index contributed by atoms with van der Waals surface area (Å²) in [7, 11) is -1.75. The number of hydrogen-bond donors (Lipinski definition) is 2. The first-order valence-corrected chi connectivity index (χ1v) is 12.4. The lowest BCUT2D eigenvalue weighted by Crippen LogP contribution is -2.38. The molecule has 0 unspecified atom stereocenters. The first-order valence-electron chi connectivity index (χ1n) is 10.1. The largest absolute Gasteiger partial charge is 0.352 e. The molecule has 1 fully saturated rings. The number of hydrogen-bond acceptors (Lipinski definition) is 4. The molecule has 0 amide bonds. The molecule has 3 rings (SSSR count). The minimum atomic E-state index is -3.47. The summed E-state index contributed by atoms with van der Waals surface area (Å²) in [6, 6.07) is 11.5. The van der Waals surface area contributed by atoms with E-state index < -0.39 is 10.0 Å². The van der Waals surface area contributed by atoms with Crippen molar-refractivity contribution in [3.63, 3.8) is 0 Å². The Morgan fingerprint density at radius 3 is 2.37 bits per heavy atom. The van der Waals surface area contributed by atoms with Crippen molar-refractivity contribution in [2.45, 2.75) is 50.6 Å². The van der Waals surface area contributed by atoms with E-state index in [9.17, 15) is 8.42 Å². The third-order valence-corrected chi connectivity index (χ3v) is 8.30. The zero-order chi connectivity index (χ0) is 20.7. The first kappa shape index (κ1) is 25.1. The number of aliphatic imine (C=N–C) groups is 1. The van der Waals surface area contributed by atoms with E-state index in [0.29, 0.717) is 37.0 Å². The molecule has 1 aliphatic rings. The van der Waals surface area contributed by atoms with E-state index in [1.165, 1.54) is 9.75 Å². The molecule has 0 radical (unpaired) electrons. The minimum Gasteiger partial charge on any atom is -0.352 e. The van der Waals surface area contributed by atoms with E-state index >= 15 is 0 Å². The van der Waals surface area contributed by atoms with Crippen LogP contribution in [0.5, 0.6) is 0 Å². The van der Waals surface area contributed by atoms with Crippen LogP contribution >= 0.6 is 35.3 Å². The SMILES string of the molecule is CCc1ccc(CNC(=NC)NCc2ccccc2S(=O)(=O)N2CCCCC2)s1.I. The zero-order valence-electron chi connectivity index (χ0n) is 17.6. The molecule has 1 aromatic carbocycles. The third-order valence-electron chi connectivity index (χ3n) is 5.07. The summed E-state index contributed by atoms with van der Waals surface area (Å²) in [4.78, 5) is 7.26. The van der Waals surface area contributed by atoms with E-state index in [0.717, 1.165) is 31.2 Å². The molecule has 1 saturated heterocycles. The molecule has 0 aliphatic carbocycles. The predicted octanol–water partition coefficient (Wildman–Crippen LogP) is 3.97. The van der Waals surface area contributed by atoms with Gasteiger partial charge in [-0.1, -0.05) is 31.5 Å². The van der Waals surface area contributed by atoms with Gasteiger partial charge in [0.05, 0.1) is 11.4 Å². The Kier molecular flexibility index (Phi) is 10.1. The van der Waals surface area contributed by atoms with Crippen LogP contribution < -0.4 is 10.6 Å². The highest BCUT2D eigenvalue weighted by molar-refractivity contribution is 14.0. The molecule has 0 saturated carbocycles. The Hall–Kier alpha value is -1.17. The van der Waals surface area contributed by atoms with Crippen molar-refractivity contribution in [1.29, 1.82) is 0 Å². The van der Waals surface area contributed by atoms with Crippen LogP contribution in [0.4, 0.5) is 0 Å². The van der Waals surface area contributed by atoms with Crippen molar-refractivity contribution in [2.24, 2.45) is 4.99 Å². The van der Waals surface area contributed by atoms with Gasteiger partial charge in [0.1, 0.15) is 0 Å². The number of rotatable bonds is 7. The average molecular weight is 563 g/mol. The van der Waals surface area contributed by atoms with Gasteiger partial charge < -0.3 is 10.6 Å². The van der Waals surface area contributed by atoms with Crippen molar-refractivity contribution < 1.29 is 8.42 Å². The molecule has 6 nitrogen and oxygen atoms in total. The number of halogens is 1. The van der Waals surface area contributed by atoms with E-state index in [2.05, 4.69) is 34.7 Å². The lowest BCUT2D eigenvalue weighted by atomic mass is 10.2. The summed E-state index contributed by atoms with van der Waals surface area (Å²) in [5, 5.41) is 6.56. The van der Waals surface area contributed by atoms with Crippen molar-refractivity contribution in [3.05, 3.63) is 51.7 Å². The van der Waals surface area contributed by atoms with Gasteiger partial charge in [-0.15, -0.1) is 35.3 Å². The third kappa shape index (κ3) is 6.41. The van der Waals surface area contributed by atoms with Crippen LogP contribution in [0, 0.1) is 0 Å². The number of guanidine groups is 1. The van der Waals surface area contributed by atoms with Crippen LogP contribution in [0.15, 0.2) is 46.3 Å². The fourth-order valence-corrected chi connectivity index (χ4v) is 6.06. The van der Waals surface area contributed by atoms with Gasteiger partial charge in [0.2, 0.25) is 10.0 Å². The van der Waals surface area contributed by atoms with E-state index in [1.807, 2.05) is 12.1 Å². The van der Waals surface area contributed by atoms with Gasteiger partial charge in [-0.3, -0.25) is 4.99 Å². The van der Waals surface area contributed by atoms with Gasteiger partial charge in [0.25, 0.3) is 0 Å². The first-order chi connectivity index (χ1) is 14.0. The summed E-state index contributed by atoms with van der Waals surface area (Å²) < 4.78 is 27.9. The molecule has 1 aliphatic heterocycles. The summed E-state index contributed by atoms with van der Waals surface area (Å²) in [6.07, 6.45) is 4.00. The van der Waals surface area contributed by atoms with Crippen LogP contribution in [0.25, 0.3) is 0 Å². The number of benzene rings is 1. The molecule has 0 bridgehead atoms. The molecule has 0 spiro atoms. The monoisotopic (exact) mass is 562 g/mol. The standard InChI is InChI=1S/C21H30N4O2S2.HI/c1-3-18-11-12-19(28-18)16-24-21(22-2)23-15-17-9-5-6-10-20(17)29(26,27)25-13-7-4-8-14-25;/h5-6,9-12H,3-4,7-8,13-16H2,1-2H3,(H2,22,23,24);1H. The lowest BCUT2D eigenvalue weighted by Gasteiger charge is -2.27. The minimum absolute atomic E-state index is 0. The number of thiophene rings is 1. The molecular formula is C21H31IN4O2S2. The Morgan fingerprint density at radius 2 is 1.70 bits per heavy atom. The molecule has 2 heterocycles. The maximum absolute atomic E-state index is 13.1. The van der Waals surface area contributed by atoms with Gasteiger partial charge in [0, 0.05) is 36.4 Å². The van der Waals surface area contributed by atoms with E-state index in [-0.39, 0.29) is 24.0 Å². The zero-order valence-corrected chi connectivity index (χ0v) is 21.5. The van der Waals surface area contributed by atoms with Crippen molar-refractivity contribution in [1.82, 2.24) is 14.9 Å². The smallest absolute Gasteiger partial charge is 0.243 e. The molecule has 166 valence electrons. The second-order valence-electron chi connectivity index (χ2n) is 7.07.